The minimum atomic E-state index is 0.0730. The predicted molar refractivity (Wildman–Crippen MR) is 173 cm³/mol. The van der Waals surface area contributed by atoms with Gasteiger partial charge >= 0.3 is 0 Å². The molecule has 0 atom stereocenters. The van der Waals surface area contributed by atoms with Crippen LogP contribution < -0.4 is 4.74 Å². The molecule has 0 aliphatic carbocycles. The normalized spacial score (nSPS) is 14.4. The van der Waals surface area contributed by atoms with Crippen molar-refractivity contribution in [2.45, 2.75) is 40.7 Å². The lowest BCUT2D eigenvalue weighted by atomic mass is 9.94. The molecule has 44 heavy (non-hydrogen) atoms. The first-order valence-corrected chi connectivity index (χ1v) is 15.1. The highest BCUT2D eigenvalue weighted by Crippen LogP contribution is 2.42. The molecular formula is C35H36N6O3. The lowest BCUT2D eigenvalue weighted by Gasteiger charge is -2.37. The van der Waals surface area contributed by atoms with Gasteiger partial charge in [0.1, 0.15) is 23.0 Å². The summed E-state index contributed by atoms with van der Waals surface area (Å²) in [5, 5.41) is 7.91. The third kappa shape index (κ3) is 4.50. The molecule has 0 spiro atoms. The Labute approximate surface area is 255 Å². The van der Waals surface area contributed by atoms with E-state index in [-0.39, 0.29) is 5.91 Å². The SMILES string of the molecule is COc1cc2c(cc1-c1c(C)noc1C)[nH]c1nc(C)nc(-c3ccc(C(=O)N4CCN(C(C)C)CC4)c4ccccc34)c12. The average molecular weight is 589 g/mol. The zero-order valence-corrected chi connectivity index (χ0v) is 26.0. The van der Waals surface area contributed by atoms with Gasteiger partial charge in [-0.3, -0.25) is 9.69 Å². The van der Waals surface area contributed by atoms with E-state index < -0.39 is 0 Å². The van der Waals surface area contributed by atoms with Gasteiger partial charge in [-0.2, -0.15) is 0 Å². The largest absolute Gasteiger partial charge is 0.496 e. The van der Waals surface area contributed by atoms with Crippen LogP contribution in [-0.2, 0) is 0 Å². The number of nitrogens with one attached hydrogen (secondary N) is 1. The van der Waals surface area contributed by atoms with E-state index in [9.17, 15) is 4.79 Å². The number of H-pyrrole nitrogens is 1. The lowest BCUT2D eigenvalue weighted by Crippen LogP contribution is -2.50. The Bertz CT molecular complexity index is 2050. The summed E-state index contributed by atoms with van der Waals surface area (Å²) >= 11 is 0. The molecule has 4 heterocycles. The number of fused-ring (bicyclic) bond motifs is 4. The molecule has 0 saturated carbocycles. The van der Waals surface area contributed by atoms with Crippen LogP contribution in [0.25, 0.3) is 55.1 Å². The molecular weight excluding hydrogens is 552 g/mol. The number of hydrogen-bond acceptors (Lipinski definition) is 7. The maximum absolute atomic E-state index is 13.8. The van der Waals surface area contributed by atoms with E-state index in [1.807, 2.05) is 62.1 Å². The molecule has 3 aromatic heterocycles. The highest BCUT2D eigenvalue weighted by Gasteiger charge is 2.26. The highest BCUT2D eigenvalue weighted by molar-refractivity contribution is 6.17. The topological polar surface area (TPSA) is 100 Å². The Balaban J connectivity index is 1.39. The quantitative estimate of drug-likeness (QED) is 0.240. The Kier molecular flexibility index (Phi) is 6.85. The number of aryl methyl sites for hydroxylation is 3. The van der Waals surface area contributed by atoms with Crippen LogP contribution in [0.5, 0.6) is 5.75 Å². The van der Waals surface area contributed by atoms with Gasteiger partial charge in [0.25, 0.3) is 5.91 Å². The van der Waals surface area contributed by atoms with Crippen LogP contribution in [0.1, 0.15) is 41.5 Å². The van der Waals surface area contributed by atoms with E-state index in [1.54, 1.807) is 7.11 Å². The first kappa shape index (κ1) is 28.0. The van der Waals surface area contributed by atoms with E-state index in [0.29, 0.717) is 23.2 Å². The van der Waals surface area contributed by atoms with Crippen LogP contribution in [0.3, 0.4) is 0 Å². The van der Waals surface area contributed by atoms with Gasteiger partial charge in [0.05, 0.1) is 29.4 Å². The second-order valence-corrected chi connectivity index (χ2v) is 11.9. The predicted octanol–water partition coefficient (Wildman–Crippen LogP) is 6.69. The summed E-state index contributed by atoms with van der Waals surface area (Å²) in [6, 6.07) is 16.7. The summed E-state index contributed by atoms with van der Waals surface area (Å²) in [6.45, 7) is 13.4. The monoisotopic (exact) mass is 588 g/mol. The number of hydrogen-bond donors (Lipinski definition) is 1. The molecule has 1 aliphatic rings. The van der Waals surface area contributed by atoms with Gasteiger partial charge in [-0.15, -0.1) is 0 Å². The lowest BCUT2D eigenvalue weighted by molar-refractivity contribution is 0.0597. The van der Waals surface area contributed by atoms with Gasteiger partial charge in [-0.1, -0.05) is 35.5 Å². The molecule has 1 saturated heterocycles. The number of nitrogens with zero attached hydrogens (tertiary/aromatic N) is 5. The fraction of sp³-hybridized carbons (Fsp3) is 0.314. The van der Waals surface area contributed by atoms with Crippen molar-refractivity contribution in [3.05, 3.63) is 71.4 Å². The van der Waals surface area contributed by atoms with Gasteiger partial charge in [-0.05, 0) is 63.6 Å². The summed E-state index contributed by atoms with van der Waals surface area (Å²) in [4.78, 5) is 31.5. The fourth-order valence-electron chi connectivity index (χ4n) is 6.67. The number of piperazine rings is 1. The van der Waals surface area contributed by atoms with E-state index in [4.69, 9.17) is 19.2 Å². The smallest absolute Gasteiger partial charge is 0.254 e. The van der Waals surface area contributed by atoms with Crippen molar-refractivity contribution in [1.82, 2.24) is 29.9 Å². The van der Waals surface area contributed by atoms with Gasteiger partial charge in [-0.25, -0.2) is 9.97 Å². The molecule has 0 radical (unpaired) electrons. The summed E-state index contributed by atoms with van der Waals surface area (Å²) in [6.07, 6.45) is 0. The van der Waals surface area contributed by atoms with Crippen molar-refractivity contribution in [2.24, 2.45) is 0 Å². The number of amides is 1. The van der Waals surface area contributed by atoms with Crippen molar-refractivity contribution >= 4 is 38.6 Å². The molecule has 1 amide bonds. The maximum Gasteiger partial charge on any atom is 0.254 e. The van der Waals surface area contributed by atoms with Crippen LogP contribution in [0, 0.1) is 20.8 Å². The number of aromatic amines is 1. The summed E-state index contributed by atoms with van der Waals surface area (Å²) in [5.74, 6) is 2.17. The van der Waals surface area contributed by atoms with Crippen LogP contribution in [0.15, 0.2) is 53.1 Å². The van der Waals surface area contributed by atoms with E-state index >= 15 is 0 Å². The number of ether oxygens (including phenoxy) is 1. The number of carbonyl (C=O) groups is 1. The molecule has 6 aromatic rings. The minimum Gasteiger partial charge on any atom is -0.496 e. The molecule has 1 fully saturated rings. The first-order chi connectivity index (χ1) is 21.2. The van der Waals surface area contributed by atoms with Crippen LogP contribution in [0.4, 0.5) is 0 Å². The number of aromatic nitrogens is 4. The molecule has 1 aliphatic heterocycles. The molecule has 9 nitrogen and oxygen atoms in total. The van der Waals surface area contributed by atoms with Crippen molar-refractivity contribution in [3.8, 4) is 28.1 Å². The zero-order valence-electron chi connectivity index (χ0n) is 26.0. The van der Waals surface area contributed by atoms with Crippen LogP contribution in [0.2, 0.25) is 0 Å². The highest BCUT2D eigenvalue weighted by atomic mass is 16.5. The van der Waals surface area contributed by atoms with E-state index in [2.05, 4.69) is 41.0 Å². The first-order valence-electron chi connectivity index (χ1n) is 15.1. The van der Waals surface area contributed by atoms with Crippen molar-refractivity contribution in [1.29, 1.82) is 0 Å². The number of methoxy groups -OCH3 is 1. The summed E-state index contributed by atoms with van der Waals surface area (Å²) < 4.78 is 11.4. The Morgan fingerprint density at radius 1 is 0.932 bits per heavy atom. The molecule has 0 bridgehead atoms. The van der Waals surface area contributed by atoms with Crippen LogP contribution >= 0.6 is 0 Å². The second kappa shape index (κ2) is 10.7. The Hall–Kier alpha value is -4.76. The molecule has 1 N–H and O–H groups in total. The third-order valence-corrected chi connectivity index (χ3v) is 8.93. The number of benzene rings is 3. The molecule has 9 heteroatoms. The third-order valence-electron chi connectivity index (χ3n) is 8.93. The van der Waals surface area contributed by atoms with E-state index in [0.717, 1.165) is 92.7 Å². The van der Waals surface area contributed by atoms with Gasteiger partial charge in [0, 0.05) is 59.8 Å². The van der Waals surface area contributed by atoms with Gasteiger partial charge < -0.3 is 19.1 Å². The Morgan fingerprint density at radius 3 is 2.36 bits per heavy atom. The van der Waals surface area contributed by atoms with Crippen molar-refractivity contribution in [3.63, 3.8) is 0 Å². The maximum atomic E-state index is 13.8. The minimum absolute atomic E-state index is 0.0730. The summed E-state index contributed by atoms with van der Waals surface area (Å²) in [5.41, 5.74) is 6.75. The molecule has 224 valence electrons. The summed E-state index contributed by atoms with van der Waals surface area (Å²) in [7, 11) is 1.67. The van der Waals surface area contributed by atoms with Crippen LogP contribution in [-0.4, -0.2) is 75.1 Å². The molecule has 3 aromatic carbocycles. The average Bonchev–Trinajstić information content (AvgIpc) is 3.56. The fourth-order valence-corrected chi connectivity index (χ4v) is 6.67. The molecule has 7 rings (SSSR count). The number of rotatable bonds is 5. The Morgan fingerprint density at radius 2 is 1.68 bits per heavy atom. The molecule has 0 unspecified atom stereocenters. The number of carbonyl (C=O) groups excluding carboxylic acids is 1. The van der Waals surface area contributed by atoms with Crippen molar-refractivity contribution in [2.75, 3.05) is 33.3 Å². The standard InChI is InChI=1S/C35H36N6O3/c1-19(2)40-13-15-41(16-14-40)35(42)26-12-11-25(23-9-7-8-10-24(23)26)33-32-27-18-30(43-6)28(31-20(3)39-44-21(31)4)17-29(27)38-34(32)37-22(5)36-33/h7-12,17-19H,13-16H2,1-6H3,(H,36,37,38). The van der Waals surface area contributed by atoms with E-state index in [1.165, 1.54) is 0 Å². The van der Waals surface area contributed by atoms with Gasteiger partial charge in [0.2, 0.25) is 0 Å². The second-order valence-electron chi connectivity index (χ2n) is 11.9. The van der Waals surface area contributed by atoms with Gasteiger partial charge in [0.15, 0.2) is 0 Å². The zero-order chi connectivity index (χ0) is 30.7. The van der Waals surface area contributed by atoms with Crippen molar-refractivity contribution < 1.29 is 14.1 Å².